The number of hydrogen-bond acceptors (Lipinski definition) is 6. The maximum atomic E-state index is 13.3. The van der Waals surface area contributed by atoms with Gasteiger partial charge in [-0.2, -0.15) is 5.10 Å². The standard InChI is InChI=1S/C27H23FN4O4/c1-17(31-26(33)27-29-12-13-35-27)25(18-4-3-5-22(14-18)34-2)36-23-10-11-24-19(15-23)16-30-32(24)21-8-6-20(28)7-9-21/h3-17,25H,1-2H3,(H,31,33)/t17-,25-/m0/s1. The highest BCUT2D eigenvalue weighted by Crippen LogP contribution is 2.30. The Morgan fingerprint density at radius 3 is 2.67 bits per heavy atom. The summed E-state index contributed by atoms with van der Waals surface area (Å²) in [4.78, 5) is 16.5. The smallest absolute Gasteiger partial charge is 0.307 e. The molecular formula is C27H23FN4O4. The lowest BCUT2D eigenvalue weighted by Crippen LogP contribution is -2.39. The zero-order valence-corrected chi connectivity index (χ0v) is 19.6. The molecule has 0 aliphatic carbocycles. The van der Waals surface area contributed by atoms with Crippen molar-refractivity contribution >= 4 is 16.8 Å². The van der Waals surface area contributed by atoms with Crippen LogP contribution in [0.5, 0.6) is 11.5 Å². The van der Waals surface area contributed by atoms with E-state index in [0.717, 1.165) is 22.2 Å². The molecular weight excluding hydrogens is 463 g/mol. The van der Waals surface area contributed by atoms with E-state index in [0.29, 0.717) is 11.5 Å². The minimum atomic E-state index is -0.552. The summed E-state index contributed by atoms with van der Waals surface area (Å²) < 4.78 is 32.0. The second-order valence-corrected chi connectivity index (χ2v) is 8.17. The Morgan fingerprint density at radius 1 is 1.08 bits per heavy atom. The first-order chi connectivity index (χ1) is 17.5. The van der Waals surface area contributed by atoms with Gasteiger partial charge < -0.3 is 19.2 Å². The Morgan fingerprint density at radius 2 is 1.92 bits per heavy atom. The molecule has 2 atom stereocenters. The monoisotopic (exact) mass is 486 g/mol. The maximum absolute atomic E-state index is 13.3. The summed E-state index contributed by atoms with van der Waals surface area (Å²) in [5.41, 5.74) is 2.41. The van der Waals surface area contributed by atoms with Crippen molar-refractivity contribution in [3.05, 3.63) is 103 Å². The molecule has 0 radical (unpaired) electrons. The molecule has 182 valence electrons. The fraction of sp³-hybridized carbons (Fsp3) is 0.148. The third-order valence-corrected chi connectivity index (χ3v) is 5.74. The van der Waals surface area contributed by atoms with E-state index >= 15 is 0 Å². The number of methoxy groups -OCH3 is 1. The van der Waals surface area contributed by atoms with E-state index in [1.165, 1.54) is 24.6 Å². The van der Waals surface area contributed by atoms with Crippen molar-refractivity contribution in [2.45, 2.75) is 19.1 Å². The van der Waals surface area contributed by atoms with Crippen molar-refractivity contribution in [2.75, 3.05) is 7.11 Å². The lowest BCUT2D eigenvalue weighted by Gasteiger charge is -2.26. The number of oxazole rings is 1. The highest BCUT2D eigenvalue weighted by atomic mass is 19.1. The highest BCUT2D eigenvalue weighted by molar-refractivity contribution is 5.89. The fourth-order valence-corrected chi connectivity index (χ4v) is 3.98. The minimum absolute atomic E-state index is 0.0270. The second kappa shape index (κ2) is 9.91. The van der Waals surface area contributed by atoms with Crippen LogP contribution >= 0.6 is 0 Å². The van der Waals surface area contributed by atoms with Crippen LogP contribution in [0.3, 0.4) is 0 Å². The molecule has 1 amide bonds. The zero-order valence-electron chi connectivity index (χ0n) is 19.6. The van der Waals surface area contributed by atoms with Gasteiger partial charge in [0.05, 0.1) is 36.7 Å². The van der Waals surface area contributed by atoms with Crippen molar-refractivity contribution in [3.63, 3.8) is 0 Å². The van der Waals surface area contributed by atoms with Crippen molar-refractivity contribution in [1.29, 1.82) is 0 Å². The molecule has 0 aliphatic rings. The van der Waals surface area contributed by atoms with Crippen LogP contribution in [0.25, 0.3) is 16.6 Å². The van der Waals surface area contributed by atoms with Crippen LogP contribution in [0.15, 0.2) is 89.8 Å². The molecule has 0 bridgehead atoms. The van der Waals surface area contributed by atoms with Gasteiger partial charge >= 0.3 is 5.91 Å². The fourth-order valence-electron chi connectivity index (χ4n) is 3.98. The zero-order chi connectivity index (χ0) is 25.1. The molecule has 0 aliphatic heterocycles. The van der Waals surface area contributed by atoms with Crippen LogP contribution in [0.4, 0.5) is 4.39 Å². The molecule has 2 aromatic heterocycles. The second-order valence-electron chi connectivity index (χ2n) is 8.17. The van der Waals surface area contributed by atoms with Crippen molar-refractivity contribution in [2.24, 2.45) is 0 Å². The lowest BCUT2D eigenvalue weighted by atomic mass is 10.0. The van der Waals surface area contributed by atoms with Gasteiger partial charge in [-0.15, -0.1) is 0 Å². The largest absolute Gasteiger partial charge is 0.497 e. The van der Waals surface area contributed by atoms with Crippen LogP contribution in [0.2, 0.25) is 0 Å². The summed E-state index contributed by atoms with van der Waals surface area (Å²) >= 11 is 0. The molecule has 5 aromatic rings. The molecule has 2 heterocycles. The molecule has 5 rings (SSSR count). The van der Waals surface area contributed by atoms with Gasteiger partial charge in [0.25, 0.3) is 5.89 Å². The molecule has 1 N–H and O–H groups in total. The van der Waals surface area contributed by atoms with Crippen LogP contribution in [-0.4, -0.2) is 33.8 Å². The predicted molar refractivity (Wildman–Crippen MR) is 131 cm³/mol. The van der Waals surface area contributed by atoms with E-state index < -0.39 is 18.1 Å². The van der Waals surface area contributed by atoms with Gasteiger partial charge in [-0.25, -0.2) is 14.1 Å². The first-order valence-corrected chi connectivity index (χ1v) is 11.3. The van der Waals surface area contributed by atoms with Crippen molar-refractivity contribution in [3.8, 4) is 17.2 Å². The van der Waals surface area contributed by atoms with E-state index in [2.05, 4.69) is 15.4 Å². The number of carbonyl (C=O) groups is 1. The van der Waals surface area contributed by atoms with Crippen LogP contribution in [0.1, 0.15) is 29.3 Å². The van der Waals surface area contributed by atoms with Gasteiger partial charge in [-0.3, -0.25) is 4.79 Å². The molecule has 36 heavy (non-hydrogen) atoms. The number of halogens is 1. The Labute approximate surface area is 206 Å². The Bertz CT molecular complexity index is 1480. The highest BCUT2D eigenvalue weighted by Gasteiger charge is 2.26. The first-order valence-electron chi connectivity index (χ1n) is 11.3. The summed E-state index contributed by atoms with van der Waals surface area (Å²) in [6.07, 6.45) is 3.93. The molecule has 9 heteroatoms. The van der Waals surface area contributed by atoms with Crippen LogP contribution < -0.4 is 14.8 Å². The van der Waals surface area contributed by atoms with Gasteiger partial charge in [-0.05, 0) is 67.1 Å². The number of ether oxygens (including phenoxy) is 2. The Kier molecular flexibility index (Phi) is 6.36. The summed E-state index contributed by atoms with van der Waals surface area (Å²) in [5.74, 6) is 0.481. The van der Waals surface area contributed by atoms with E-state index in [1.54, 1.807) is 30.1 Å². The van der Waals surface area contributed by atoms with Gasteiger partial charge in [0.15, 0.2) is 0 Å². The van der Waals surface area contributed by atoms with Crippen LogP contribution in [-0.2, 0) is 0 Å². The van der Waals surface area contributed by atoms with Gasteiger partial charge in [-0.1, -0.05) is 12.1 Å². The summed E-state index contributed by atoms with van der Waals surface area (Å²) in [5, 5.41) is 8.19. The quantitative estimate of drug-likeness (QED) is 0.328. The normalized spacial score (nSPS) is 12.8. The van der Waals surface area contributed by atoms with Gasteiger partial charge in [0.2, 0.25) is 0 Å². The third kappa shape index (κ3) is 4.76. The molecule has 3 aromatic carbocycles. The molecule has 0 fully saturated rings. The first kappa shape index (κ1) is 23.1. The molecule has 0 unspecified atom stereocenters. The lowest BCUT2D eigenvalue weighted by molar-refractivity contribution is 0.0847. The molecule has 8 nitrogen and oxygen atoms in total. The minimum Gasteiger partial charge on any atom is -0.497 e. The van der Waals surface area contributed by atoms with Crippen LogP contribution in [0, 0.1) is 5.82 Å². The number of rotatable bonds is 8. The van der Waals surface area contributed by atoms with E-state index in [1.807, 2.05) is 49.4 Å². The van der Waals surface area contributed by atoms with Gasteiger partial charge in [0, 0.05) is 5.39 Å². The topological polar surface area (TPSA) is 91.4 Å². The predicted octanol–water partition coefficient (Wildman–Crippen LogP) is 5.10. The number of aromatic nitrogens is 3. The van der Waals surface area contributed by atoms with E-state index in [-0.39, 0.29) is 11.7 Å². The number of nitrogens with one attached hydrogen (secondary N) is 1. The molecule has 0 saturated carbocycles. The SMILES string of the molecule is COc1cccc([C@@H](Oc2ccc3c(cnn3-c3ccc(F)cc3)c2)[C@H](C)NC(=O)c2ncco2)c1. The summed E-state index contributed by atoms with van der Waals surface area (Å²) in [6.45, 7) is 1.84. The van der Waals surface area contributed by atoms with Crippen molar-refractivity contribution in [1.82, 2.24) is 20.1 Å². The third-order valence-electron chi connectivity index (χ3n) is 5.74. The number of nitrogens with zero attached hydrogens (tertiary/aromatic N) is 3. The van der Waals surface area contributed by atoms with Gasteiger partial charge in [0.1, 0.15) is 29.7 Å². The Hall–Kier alpha value is -4.66. The van der Waals surface area contributed by atoms with E-state index in [4.69, 9.17) is 13.9 Å². The van der Waals surface area contributed by atoms with Crippen molar-refractivity contribution < 1.29 is 23.1 Å². The Balaban J connectivity index is 1.44. The number of hydrogen-bond donors (Lipinski definition) is 1. The average molecular weight is 487 g/mol. The number of benzene rings is 3. The van der Waals surface area contributed by atoms with E-state index in [9.17, 15) is 9.18 Å². The summed E-state index contributed by atoms with van der Waals surface area (Å²) in [6, 6.07) is 18.8. The number of fused-ring (bicyclic) bond motifs is 1. The number of carbonyl (C=O) groups excluding carboxylic acids is 1. The molecule has 0 saturated heterocycles. The number of amides is 1. The maximum Gasteiger partial charge on any atom is 0.307 e. The average Bonchev–Trinajstić information content (AvgIpc) is 3.58. The summed E-state index contributed by atoms with van der Waals surface area (Å²) in [7, 11) is 1.59. The molecule has 0 spiro atoms.